The molecule has 1 aromatic carbocycles. The number of benzene rings is 1. The number of phenols is 1. The molecule has 0 heterocycles. The van der Waals surface area contributed by atoms with Crippen LogP contribution in [0.1, 0.15) is 32.1 Å². The van der Waals surface area contributed by atoms with Gasteiger partial charge in [-0.3, -0.25) is 4.79 Å². The topological polar surface area (TPSA) is 75.4 Å². The minimum atomic E-state index is -0.0960. The summed E-state index contributed by atoms with van der Waals surface area (Å²) in [7, 11) is 0. The van der Waals surface area contributed by atoms with Crippen LogP contribution in [0.3, 0.4) is 0 Å². The van der Waals surface area contributed by atoms with E-state index in [0.29, 0.717) is 5.69 Å². The predicted molar refractivity (Wildman–Crippen MR) is 71.3 cm³/mol. The summed E-state index contributed by atoms with van der Waals surface area (Å²) >= 11 is 0. The Hall–Kier alpha value is -1.55. The predicted octanol–water partition coefficient (Wildman–Crippen LogP) is 2.24. The Bertz CT molecular complexity index is 403. The number of amides is 1. The normalized spacial score (nSPS) is 24.3. The molecule has 1 fully saturated rings. The van der Waals surface area contributed by atoms with Crippen LogP contribution in [-0.2, 0) is 4.79 Å². The molecule has 1 amide bonds. The van der Waals surface area contributed by atoms with Crippen LogP contribution in [0.4, 0.5) is 5.69 Å². The monoisotopic (exact) mass is 248 g/mol. The molecule has 18 heavy (non-hydrogen) atoms. The lowest BCUT2D eigenvalue weighted by molar-refractivity contribution is -0.120. The van der Waals surface area contributed by atoms with Crippen molar-refractivity contribution in [1.29, 1.82) is 0 Å². The van der Waals surface area contributed by atoms with E-state index in [1.165, 1.54) is 0 Å². The van der Waals surface area contributed by atoms with Gasteiger partial charge in [0.05, 0.1) is 5.92 Å². The van der Waals surface area contributed by atoms with E-state index in [9.17, 15) is 9.90 Å². The van der Waals surface area contributed by atoms with Gasteiger partial charge in [-0.2, -0.15) is 0 Å². The SMILES string of the molecule is NC1CCCCCC1C(=O)Nc1ccc(O)cc1. The number of aromatic hydroxyl groups is 1. The third kappa shape index (κ3) is 3.23. The molecule has 2 rings (SSSR count). The van der Waals surface area contributed by atoms with Crippen molar-refractivity contribution >= 4 is 11.6 Å². The summed E-state index contributed by atoms with van der Waals surface area (Å²) in [4.78, 5) is 12.2. The fraction of sp³-hybridized carbons (Fsp3) is 0.500. The van der Waals surface area contributed by atoms with E-state index < -0.39 is 0 Å². The largest absolute Gasteiger partial charge is 0.508 e. The molecule has 1 aliphatic rings. The Labute approximate surface area is 107 Å². The Balaban J connectivity index is 1.99. The number of rotatable bonds is 2. The van der Waals surface area contributed by atoms with Gasteiger partial charge in [0, 0.05) is 11.7 Å². The van der Waals surface area contributed by atoms with Crippen LogP contribution in [-0.4, -0.2) is 17.1 Å². The van der Waals surface area contributed by atoms with Crippen molar-refractivity contribution in [1.82, 2.24) is 0 Å². The number of phenolic OH excluding ortho intramolecular Hbond substituents is 1. The maximum absolute atomic E-state index is 12.2. The Morgan fingerprint density at radius 1 is 1.17 bits per heavy atom. The van der Waals surface area contributed by atoms with Crippen molar-refractivity contribution in [3.05, 3.63) is 24.3 Å². The van der Waals surface area contributed by atoms with Crippen LogP contribution in [0.5, 0.6) is 5.75 Å². The van der Waals surface area contributed by atoms with E-state index >= 15 is 0 Å². The average molecular weight is 248 g/mol. The summed E-state index contributed by atoms with van der Waals surface area (Å²) in [5.74, 6) is 0.0931. The maximum atomic E-state index is 12.2. The van der Waals surface area contributed by atoms with Gasteiger partial charge in [0.2, 0.25) is 5.91 Å². The van der Waals surface area contributed by atoms with E-state index in [4.69, 9.17) is 5.73 Å². The summed E-state index contributed by atoms with van der Waals surface area (Å²) in [5, 5.41) is 12.1. The molecule has 0 spiro atoms. The van der Waals surface area contributed by atoms with E-state index in [0.717, 1.165) is 32.1 Å². The van der Waals surface area contributed by atoms with Crippen molar-refractivity contribution < 1.29 is 9.90 Å². The lowest BCUT2D eigenvalue weighted by Crippen LogP contribution is -2.37. The molecule has 0 bridgehead atoms. The van der Waals surface area contributed by atoms with Gasteiger partial charge < -0.3 is 16.2 Å². The highest BCUT2D eigenvalue weighted by atomic mass is 16.3. The summed E-state index contributed by atoms with van der Waals surface area (Å²) in [6.07, 6.45) is 5.14. The van der Waals surface area contributed by atoms with Gasteiger partial charge in [-0.15, -0.1) is 0 Å². The Kier molecular flexibility index (Phi) is 4.20. The first-order valence-electron chi connectivity index (χ1n) is 6.52. The first-order valence-corrected chi connectivity index (χ1v) is 6.52. The number of anilines is 1. The van der Waals surface area contributed by atoms with Gasteiger partial charge in [0.25, 0.3) is 0 Å². The summed E-state index contributed by atoms with van der Waals surface area (Å²) < 4.78 is 0. The molecule has 4 heteroatoms. The summed E-state index contributed by atoms with van der Waals surface area (Å²) in [5.41, 5.74) is 6.76. The second-order valence-corrected chi connectivity index (χ2v) is 4.94. The van der Waals surface area contributed by atoms with Crippen LogP contribution >= 0.6 is 0 Å². The first kappa shape index (κ1) is 12.9. The number of hydrogen-bond donors (Lipinski definition) is 3. The summed E-state index contributed by atoms with van der Waals surface area (Å²) in [6.45, 7) is 0. The maximum Gasteiger partial charge on any atom is 0.229 e. The van der Waals surface area contributed by atoms with Crippen molar-refractivity contribution in [3.8, 4) is 5.75 Å². The molecular formula is C14H20N2O2. The fourth-order valence-electron chi connectivity index (χ4n) is 2.44. The van der Waals surface area contributed by atoms with Gasteiger partial charge in [-0.25, -0.2) is 0 Å². The minimum Gasteiger partial charge on any atom is -0.508 e. The van der Waals surface area contributed by atoms with Gasteiger partial charge in [-0.1, -0.05) is 19.3 Å². The Morgan fingerprint density at radius 2 is 1.83 bits per heavy atom. The zero-order valence-electron chi connectivity index (χ0n) is 10.4. The fourth-order valence-corrected chi connectivity index (χ4v) is 2.44. The standard InChI is InChI=1S/C14H20N2O2/c15-13-5-3-1-2-4-12(13)14(18)16-10-6-8-11(17)9-7-10/h6-9,12-13,17H,1-5,15H2,(H,16,18). The van der Waals surface area contributed by atoms with E-state index in [2.05, 4.69) is 5.32 Å². The third-order valence-corrected chi connectivity index (χ3v) is 3.54. The molecule has 4 N–H and O–H groups in total. The number of carbonyl (C=O) groups excluding carboxylic acids is 1. The highest BCUT2D eigenvalue weighted by Gasteiger charge is 2.26. The Morgan fingerprint density at radius 3 is 2.56 bits per heavy atom. The van der Waals surface area contributed by atoms with E-state index in [-0.39, 0.29) is 23.6 Å². The molecule has 0 saturated heterocycles. The molecule has 1 saturated carbocycles. The lowest BCUT2D eigenvalue weighted by atomic mass is 9.94. The van der Waals surface area contributed by atoms with Crippen molar-refractivity contribution in [2.24, 2.45) is 11.7 Å². The minimum absolute atomic E-state index is 0.00455. The molecular weight excluding hydrogens is 228 g/mol. The third-order valence-electron chi connectivity index (χ3n) is 3.54. The van der Waals surface area contributed by atoms with Gasteiger partial charge in [-0.05, 0) is 37.1 Å². The second kappa shape index (κ2) is 5.87. The highest BCUT2D eigenvalue weighted by Crippen LogP contribution is 2.24. The van der Waals surface area contributed by atoms with Crippen LogP contribution in [0.2, 0.25) is 0 Å². The molecule has 0 aromatic heterocycles. The number of hydrogen-bond acceptors (Lipinski definition) is 3. The van der Waals surface area contributed by atoms with Crippen LogP contribution in [0, 0.1) is 5.92 Å². The molecule has 4 nitrogen and oxygen atoms in total. The molecule has 0 aliphatic heterocycles. The molecule has 2 unspecified atom stereocenters. The van der Waals surface area contributed by atoms with Gasteiger partial charge >= 0.3 is 0 Å². The lowest BCUT2D eigenvalue weighted by Gasteiger charge is -2.20. The molecule has 1 aromatic rings. The smallest absolute Gasteiger partial charge is 0.229 e. The highest BCUT2D eigenvalue weighted by molar-refractivity contribution is 5.93. The number of carbonyl (C=O) groups is 1. The van der Waals surface area contributed by atoms with Crippen LogP contribution in [0.25, 0.3) is 0 Å². The molecule has 0 radical (unpaired) electrons. The van der Waals surface area contributed by atoms with Crippen molar-refractivity contribution in [2.75, 3.05) is 5.32 Å². The van der Waals surface area contributed by atoms with E-state index in [1.54, 1.807) is 24.3 Å². The zero-order chi connectivity index (χ0) is 13.0. The van der Waals surface area contributed by atoms with Crippen LogP contribution < -0.4 is 11.1 Å². The van der Waals surface area contributed by atoms with Crippen LogP contribution in [0.15, 0.2) is 24.3 Å². The van der Waals surface area contributed by atoms with Crippen molar-refractivity contribution in [2.45, 2.75) is 38.1 Å². The van der Waals surface area contributed by atoms with Crippen molar-refractivity contribution in [3.63, 3.8) is 0 Å². The van der Waals surface area contributed by atoms with Gasteiger partial charge in [0.15, 0.2) is 0 Å². The number of nitrogens with two attached hydrogens (primary N) is 1. The molecule has 98 valence electrons. The van der Waals surface area contributed by atoms with E-state index in [1.807, 2.05) is 0 Å². The second-order valence-electron chi connectivity index (χ2n) is 4.94. The quantitative estimate of drug-likeness (QED) is 0.555. The van der Waals surface area contributed by atoms with Gasteiger partial charge in [0.1, 0.15) is 5.75 Å². The molecule has 2 atom stereocenters. The first-order chi connectivity index (χ1) is 8.66. The molecule has 1 aliphatic carbocycles. The number of nitrogens with one attached hydrogen (secondary N) is 1. The zero-order valence-corrected chi connectivity index (χ0v) is 10.4. The summed E-state index contributed by atoms with van der Waals surface area (Å²) in [6, 6.07) is 6.46. The average Bonchev–Trinajstić information content (AvgIpc) is 2.57.